The summed E-state index contributed by atoms with van der Waals surface area (Å²) in [6, 6.07) is 13.0. The van der Waals surface area contributed by atoms with Crippen LogP contribution in [0.1, 0.15) is 17.4 Å². The first-order valence-corrected chi connectivity index (χ1v) is 8.54. The first-order valence-electron chi connectivity index (χ1n) is 8.54. The maximum absolute atomic E-state index is 10.1. The van der Waals surface area contributed by atoms with Crippen molar-refractivity contribution in [3.8, 4) is 11.8 Å². The van der Waals surface area contributed by atoms with E-state index < -0.39 is 6.10 Å². The van der Waals surface area contributed by atoms with Crippen LogP contribution in [0.15, 0.2) is 47.1 Å². The third-order valence-corrected chi connectivity index (χ3v) is 4.44. The second kappa shape index (κ2) is 8.67. The highest BCUT2D eigenvalue weighted by Gasteiger charge is 2.21. The first-order chi connectivity index (χ1) is 12.3. The first kappa shape index (κ1) is 17.5. The summed E-state index contributed by atoms with van der Waals surface area (Å²) in [4.78, 5) is 4.58. The van der Waals surface area contributed by atoms with E-state index in [2.05, 4.69) is 15.9 Å². The summed E-state index contributed by atoms with van der Waals surface area (Å²) in [7, 11) is 0. The van der Waals surface area contributed by atoms with Gasteiger partial charge in [-0.3, -0.25) is 9.80 Å². The molecule has 2 heterocycles. The zero-order valence-electron chi connectivity index (χ0n) is 14.2. The molecule has 6 nitrogen and oxygen atoms in total. The summed E-state index contributed by atoms with van der Waals surface area (Å²) < 4.78 is 11.0. The maximum atomic E-state index is 10.1. The molecule has 2 aromatic rings. The van der Waals surface area contributed by atoms with Crippen LogP contribution in [0, 0.1) is 11.3 Å². The lowest BCUT2D eigenvalue weighted by Crippen LogP contribution is -2.48. The third kappa shape index (κ3) is 4.83. The molecule has 0 spiro atoms. The minimum atomic E-state index is -0.577. The number of aliphatic hydroxyl groups excluding tert-OH is 1. The van der Waals surface area contributed by atoms with E-state index in [0.29, 0.717) is 30.2 Å². The second-order valence-electron chi connectivity index (χ2n) is 6.13. The average molecular weight is 341 g/mol. The minimum absolute atomic E-state index is 0.563. The van der Waals surface area contributed by atoms with Gasteiger partial charge in [0.1, 0.15) is 30.3 Å². The molecule has 1 fully saturated rings. The lowest BCUT2D eigenvalue weighted by atomic mass is 10.2. The lowest BCUT2D eigenvalue weighted by Gasteiger charge is -2.35. The van der Waals surface area contributed by atoms with Gasteiger partial charge in [0, 0.05) is 39.3 Å². The highest BCUT2D eigenvalue weighted by Crippen LogP contribution is 2.17. The molecule has 1 aromatic carbocycles. The van der Waals surface area contributed by atoms with Crippen LogP contribution in [-0.4, -0.2) is 60.8 Å². The molecule has 1 N–H and O–H groups in total. The molecule has 0 amide bonds. The second-order valence-corrected chi connectivity index (χ2v) is 6.13. The van der Waals surface area contributed by atoms with Gasteiger partial charge in [0.2, 0.25) is 0 Å². The summed E-state index contributed by atoms with van der Waals surface area (Å²) in [5, 5.41) is 19.2. The fraction of sp³-hybridized carbons (Fsp3) is 0.421. The fourth-order valence-corrected chi connectivity index (χ4v) is 2.98. The average Bonchev–Trinajstić information content (AvgIpc) is 3.18. The molecule has 1 unspecified atom stereocenters. The summed E-state index contributed by atoms with van der Waals surface area (Å²) >= 11 is 0. The summed E-state index contributed by atoms with van der Waals surface area (Å²) in [5.41, 5.74) is 0.569. The Morgan fingerprint density at radius 1 is 1.12 bits per heavy atom. The van der Waals surface area contributed by atoms with Crippen LogP contribution < -0.4 is 4.74 Å². The van der Waals surface area contributed by atoms with Crippen LogP contribution in [0.5, 0.6) is 5.75 Å². The number of rotatable bonds is 7. The molecule has 3 rings (SSSR count). The number of β-amino-alcohol motifs (C(OH)–C–C–N with tert-alkyl or cyclic N) is 1. The molecule has 0 saturated carbocycles. The van der Waals surface area contributed by atoms with E-state index in [9.17, 15) is 5.11 Å². The molecule has 1 aliphatic heterocycles. The number of hydrogen-bond acceptors (Lipinski definition) is 6. The van der Waals surface area contributed by atoms with Crippen LogP contribution in [0.3, 0.4) is 0 Å². The molecular weight excluding hydrogens is 318 g/mol. The molecule has 1 aromatic heterocycles. The molecule has 0 aliphatic carbocycles. The Morgan fingerprint density at radius 3 is 2.60 bits per heavy atom. The monoisotopic (exact) mass is 341 g/mol. The zero-order valence-corrected chi connectivity index (χ0v) is 14.2. The number of piperazine rings is 1. The van der Waals surface area contributed by atoms with Crippen molar-refractivity contribution in [2.75, 3.05) is 45.9 Å². The molecule has 132 valence electrons. The minimum Gasteiger partial charge on any atom is -0.491 e. The molecule has 1 atom stereocenters. The quantitative estimate of drug-likeness (QED) is 0.829. The summed E-state index contributed by atoms with van der Waals surface area (Å²) in [6.07, 6.45) is 1.01. The molecule has 0 radical (unpaired) electrons. The van der Waals surface area contributed by atoms with Gasteiger partial charge in [0.25, 0.3) is 0 Å². The number of ether oxygens (including phenoxy) is 1. The van der Waals surface area contributed by atoms with Gasteiger partial charge in [0.05, 0.1) is 11.8 Å². The summed E-state index contributed by atoms with van der Waals surface area (Å²) in [6.45, 7) is 5.68. The molecular formula is C19H23N3O3. The van der Waals surface area contributed by atoms with Crippen LogP contribution in [-0.2, 0) is 0 Å². The Hall–Kier alpha value is -2.33. The number of benzene rings is 1. The van der Waals surface area contributed by atoms with E-state index in [1.54, 1.807) is 24.5 Å². The van der Waals surface area contributed by atoms with E-state index in [0.717, 1.165) is 32.7 Å². The molecule has 25 heavy (non-hydrogen) atoms. The number of hydrogen-bond donors (Lipinski definition) is 1. The van der Waals surface area contributed by atoms with E-state index in [1.807, 2.05) is 18.2 Å². The Kier molecular flexibility index (Phi) is 6.07. The van der Waals surface area contributed by atoms with Gasteiger partial charge in [-0.1, -0.05) is 12.1 Å². The van der Waals surface area contributed by atoms with Crippen LogP contribution in [0.4, 0.5) is 0 Å². The predicted octanol–water partition coefficient (Wildman–Crippen LogP) is 1.88. The number of nitriles is 1. The van der Waals surface area contributed by atoms with Crippen LogP contribution in [0.2, 0.25) is 0 Å². The van der Waals surface area contributed by atoms with Gasteiger partial charge >= 0.3 is 0 Å². The van der Waals surface area contributed by atoms with Crippen molar-refractivity contribution in [3.05, 3.63) is 54.0 Å². The summed E-state index contributed by atoms with van der Waals surface area (Å²) in [5.74, 6) is 1.26. The van der Waals surface area contributed by atoms with Crippen LogP contribution >= 0.6 is 0 Å². The van der Waals surface area contributed by atoms with Crippen molar-refractivity contribution in [2.45, 2.75) is 6.10 Å². The number of nitrogens with zero attached hydrogens (tertiary/aromatic N) is 3. The standard InChI is InChI=1S/C19H23N3O3/c20-14-16-4-1-2-5-18(16)25-13-11-21-7-9-22(10-8-21)15-17(23)19-6-3-12-24-19/h1-6,12,17,23H,7-11,13,15H2. The third-order valence-electron chi connectivity index (χ3n) is 4.44. The van der Waals surface area contributed by atoms with Crippen molar-refractivity contribution in [1.29, 1.82) is 5.26 Å². The van der Waals surface area contributed by atoms with Crippen molar-refractivity contribution in [3.63, 3.8) is 0 Å². The highest BCUT2D eigenvalue weighted by atomic mass is 16.5. The smallest absolute Gasteiger partial charge is 0.137 e. The zero-order chi connectivity index (χ0) is 17.5. The number of para-hydroxylation sites is 1. The number of furan rings is 1. The van der Waals surface area contributed by atoms with Gasteiger partial charge in [-0.25, -0.2) is 0 Å². The van der Waals surface area contributed by atoms with Crippen LogP contribution in [0.25, 0.3) is 0 Å². The van der Waals surface area contributed by atoms with Crippen molar-refractivity contribution >= 4 is 0 Å². The Labute approximate surface area is 147 Å². The van der Waals surface area contributed by atoms with E-state index in [1.165, 1.54) is 0 Å². The topological polar surface area (TPSA) is 72.9 Å². The van der Waals surface area contributed by atoms with E-state index in [-0.39, 0.29) is 0 Å². The fourth-order valence-electron chi connectivity index (χ4n) is 2.98. The van der Waals surface area contributed by atoms with Gasteiger partial charge in [0.15, 0.2) is 0 Å². The highest BCUT2D eigenvalue weighted by molar-refractivity contribution is 5.42. The van der Waals surface area contributed by atoms with Crippen molar-refractivity contribution in [2.24, 2.45) is 0 Å². The normalized spacial score (nSPS) is 17.1. The van der Waals surface area contributed by atoms with Crippen molar-refractivity contribution in [1.82, 2.24) is 9.80 Å². The molecule has 6 heteroatoms. The van der Waals surface area contributed by atoms with Crippen molar-refractivity contribution < 1.29 is 14.3 Å². The van der Waals surface area contributed by atoms with Gasteiger partial charge in [-0.15, -0.1) is 0 Å². The molecule has 1 saturated heterocycles. The predicted molar refractivity (Wildman–Crippen MR) is 93.2 cm³/mol. The number of aliphatic hydroxyl groups is 1. The van der Waals surface area contributed by atoms with E-state index >= 15 is 0 Å². The van der Waals surface area contributed by atoms with E-state index in [4.69, 9.17) is 14.4 Å². The molecule has 0 bridgehead atoms. The largest absolute Gasteiger partial charge is 0.491 e. The van der Waals surface area contributed by atoms with Gasteiger partial charge in [-0.2, -0.15) is 5.26 Å². The Morgan fingerprint density at radius 2 is 1.88 bits per heavy atom. The van der Waals surface area contributed by atoms with Gasteiger partial charge in [-0.05, 0) is 24.3 Å². The lowest BCUT2D eigenvalue weighted by molar-refractivity contribution is 0.0580. The molecule has 1 aliphatic rings. The SMILES string of the molecule is N#Cc1ccccc1OCCN1CCN(CC(O)c2ccco2)CC1. The Balaban J connectivity index is 1.37. The van der Waals surface area contributed by atoms with Gasteiger partial charge < -0.3 is 14.3 Å². The Bertz CT molecular complexity index is 688. The maximum Gasteiger partial charge on any atom is 0.137 e.